The third-order valence-electron chi connectivity index (χ3n) is 5.77. The minimum absolute atomic E-state index is 0.0278. The van der Waals surface area contributed by atoms with E-state index in [1.165, 1.54) is 4.90 Å². The smallest absolute Gasteiger partial charge is 0.418 e. The molecule has 0 spiro atoms. The third-order valence-corrected chi connectivity index (χ3v) is 5.77. The van der Waals surface area contributed by atoms with Crippen molar-refractivity contribution in [3.63, 3.8) is 0 Å². The Bertz CT molecular complexity index is 855. The van der Waals surface area contributed by atoms with Crippen LogP contribution in [0.25, 0.3) is 0 Å². The largest absolute Gasteiger partial charge is 0.430 e. The molecule has 2 atom stereocenters. The van der Waals surface area contributed by atoms with Crippen LogP contribution in [0, 0.1) is 11.8 Å². The number of ether oxygens (including phenoxy) is 2. The van der Waals surface area contributed by atoms with E-state index in [9.17, 15) is 9.59 Å². The summed E-state index contributed by atoms with van der Waals surface area (Å²) in [7, 11) is 0. The monoisotopic (exact) mass is 421 g/mol. The number of nitrogens with zero attached hydrogens (tertiary/aromatic N) is 1. The predicted octanol–water partition coefficient (Wildman–Crippen LogP) is 5.16. The number of imide groups is 1. The van der Waals surface area contributed by atoms with Gasteiger partial charge >= 0.3 is 6.09 Å². The molecule has 0 bridgehead atoms. The van der Waals surface area contributed by atoms with Crippen molar-refractivity contribution in [3.05, 3.63) is 84.4 Å². The lowest BCUT2D eigenvalue weighted by molar-refractivity contribution is -0.134. The predicted molar refractivity (Wildman–Crippen MR) is 120 cm³/mol. The van der Waals surface area contributed by atoms with Crippen LogP contribution >= 0.6 is 0 Å². The van der Waals surface area contributed by atoms with Crippen LogP contribution in [0.1, 0.15) is 38.3 Å². The number of cyclic esters (lactones) is 1. The van der Waals surface area contributed by atoms with Crippen molar-refractivity contribution in [1.29, 1.82) is 0 Å². The Morgan fingerprint density at radius 3 is 2.13 bits per heavy atom. The molecule has 2 amide bonds. The fraction of sp³-hybridized carbons (Fsp3) is 0.385. The minimum atomic E-state index is -1.07. The number of hydrogen-bond acceptors (Lipinski definition) is 4. The molecule has 0 N–H and O–H groups in total. The number of rotatable bonds is 9. The maximum atomic E-state index is 13.4. The van der Waals surface area contributed by atoms with E-state index in [0.717, 1.165) is 11.1 Å². The highest BCUT2D eigenvalue weighted by Crippen LogP contribution is 2.47. The van der Waals surface area contributed by atoms with E-state index >= 15 is 0 Å². The Labute approximate surface area is 184 Å². The van der Waals surface area contributed by atoms with E-state index in [-0.39, 0.29) is 17.7 Å². The van der Waals surface area contributed by atoms with Crippen molar-refractivity contribution >= 4 is 12.0 Å². The summed E-state index contributed by atoms with van der Waals surface area (Å²) in [6.07, 6.45) is 1.59. The van der Waals surface area contributed by atoms with Gasteiger partial charge in [-0.25, -0.2) is 9.69 Å². The first-order valence-electron chi connectivity index (χ1n) is 10.8. The molecule has 1 fully saturated rings. The summed E-state index contributed by atoms with van der Waals surface area (Å²) in [6, 6.07) is 18.9. The zero-order valence-electron chi connectivity index (χ0n) is 18.5. The van der Waals surface area contributed by atoms with Gasteiger partial charge in [-0.1, -0.05) is 87.5 Å². The van der Waals surface area contributed by atoms with Crippen LogP contribution in [-0.2, 0) is 19.9 Å². The van der Waals surface area contributed by atoms with E-state index in [2.05, 4.69) is 6.58 Å². The average Bonchev–Trinajstić information content (AvgIpc) is 3.11. The summed E-state index contributed by atoms with van der Waals surface area (Å²) in [6.45, 7) is 10.4. The number of carbonyl (C=O) groups excluding carboxylic acids is 2. The van der Waals surface area contributed by atoms with Crippen molar-refractivity contribution < 1.29 is 19.1 Å². The van der Waals surface area contributed by atoms with Gasteiger partial charge in [0.15, 0.2) is 5.60 Å². The second-order valence-electron chi connectivity index (χ2n) is 8.29. The molecule has 0 unspecified atom stereocenters. The van der Waals surface area contributed by atoms with Gasteiger partial charge in [0.2, 0.25) is 5.91 Å². The lowest BCUT2D eigenvalue weighted by atomic mass is 9.75. The average molecular weight is 422 g/mol. The summed E-state index contributed by atoms with van der Waals surface area (Å²) >= 11 is 0. The SMILES string of the molecule is C=CCOCC[C@@H](C)C(=O)N1C(=O)OC(c2ccccc2)(c2ccccc2)[C@H]1C(C)C. The van der Waals surface area contributed by atoms with Gasteiger partial charge in [0, 0.05) is 23.7 Å². The standard InChI is InChI=1S/C26H31NO4/c1-5-17-30-18-16-20(4)24(28)27-23(19(2)3)26(31-25(27)29,21-12-8-6-9-13-21)22-14-10-7-11-15-22/h5-15,19-20,23H,1,16-18H2,2-4H3/t20-,23-/m1/s1. The van der Waals surface area contributed by atoms with Gasteiger partial charge in [0.05, 0.1) is 12.6 Å². The molecule has 2 aromatic carbocycles. The lowest BCUT2D eigenvalue weighted by Gasteiger charge is -2.38. The minimum Gasteiger partial charge on any atom is -0.430 e. The maximum absolute atomic E-state index is 13.4. The maximum Gasteiger partial charge on any atom is 0.418 e. The number of carbonyl (C=O) groups is 2. The highest BCUT2D eigenvalue weighted by molar-refractivity contribution is 5.95. The van der Waals surface area contributed by atoms with Gasteiger partial charge < -0.3 is 9.47 Å². The molecule has 164 valence electrons. The first kappa shape index (κ1) is 22.8. The van der Waals surface area contributed by atoms with Gasteiger partial charge in [0.1, 0.15) is 0 Å². The van der Waals surface area contributed by atoms with Crippen LogP contribution < -0.4 is 0 Å². The summed E-state index contributed by atoms with van der Waals surface area (Å²) in [5, 5.41) is 0. The Balaban J connectivity index is 2.03. The van der Waals surface area contributed by atoms with Crippen LogP contribution in [-0.4, -0.2) is 36.2 Å². The molecule has 1 saturated heterocycles. The number of benzene rings is 2. The van der Waals surface area contributed by atoms with E-state index in [0.29, 0.717) is 19.6 Å². The van der Waals surface area contributed by atoms with Crippen molar-refractivity contribution in [2.75, 3.05) is 13.2 Å². The van der Waals surface area contributed by atoms with E-state index in [4.69, 9.17) is 9.47 Å². The van der Waals surface area contributed by atoms with Gasteiger partial charge in [-0.15, -0.1) is 6.58 Å². The summed E-state index contributed by atoms with van der Waals surface area (Å²) in [5.74, 6) is -0.638. The third kappa shape index (κ3) is 4.42. The number of amides is 2. The van der Waals surface area contributed by atoms with Gasteiger partial charge in [-0.05, 0) is 12.3 Å². The molecule has 5 heteroatoms. The van der Waals surface area contributed by atoms with E-state index in [1.807, 2.05) is 81.4 Å². The van der Waals surface area contributed by atoms with Gasteiger partial charge in [-0.3, -0.25) is 4.79 Å². The van der Waals surface area contributed by atoms with Crippen LogP contribution in [0.15, 0.2) is 73.3 Å². The summed E-state index contributed by atoms with van der Waals surface area (Å²) in [4.78, 5) is 28.0. The van der Waals surface area contributed by atoms with Crippen LogP contribution in [0.3, 0.4) is 0 Å². The van der Waals surface area contributed by atoms with Crippen molar-refractivity contribution in [1.82, 2.24) is 4.90 Å². The first-order valence-corrected chi connectivity index (χ1v) is 10.8. The van der Waals surface area contributed by atoms with Crippen LogP contribution in [0.5, 0.6) is 0 Å². The zero-order valence-corrected chi connectivity index (χ0v) is 18.5. The Hall–Kier alpha value is -2.92. The highest BCUT2D eigenvalue weighted by Gasteiger charge is 2.59. The molecule has 0 radical (unpaired) electrons. The Morgan fingerprint density at radius 2 is 1.65 bits per heavy atom. The normalized spacial score (nSPS) is 18.6. The fourth-order valence-corrected chi connectivity index (χ4v) is 4.32. The van der Waals surface area contributed by atoms with Crippen molar-refractivity contribution in [2.45, 2.75) is 38.8 Å². The lowest BCUT2D eigenvalue weighted by Crippen LogP contribution is -2.51. The fourth-order valence-electron chi connectivity index (χ4n) is 4.32. The Morgan fingerprint density at radius 1 is 1.10 bits per heavy atom. The molecule has 1 aliphatic rings. The molecular formula is C26H31NO4. The van der Waals surface area contributed by atoms with E-state index in [1.54, 1.807) is 6.08 Å². The topological polar surface area (TPSA) is 55.8 Å². The van der Waals surface area contributed by atoms with Crippen LogP contribution in [0.4, 0.5) is 4.79 Å². The van der Waals surface area contributed by atoms with Gasteiger partial charge in [0.25, 0.3) is 0 Å². The molecule has 5 nitrogen and oxygen atoms in total. The zero-order chi connectivity index (χ0) is 22.4. The second-order valence-corrected chi connectivity index (χ2v) is 8.29. The van der Waals surface area contributed by atoms with Crippen molar-refractivity contribution in [3.8, 4) is 0 Å². The van der Waals surface area contributed by atoms with Crippen LogP contribution in [0.2, 0.25) is 0 Å². The molecule has 0 saturated carbocycles. The molecule has 31 heavy (non-hydrogen) atoms. The molecule has 1 aliphatic heterocycles. The van der Waals surface area contributed by atoms with Gasteiger partial charge in [-0.2, -0.15) is 0 Å². The molecule has 0 aliphatic carbocycles. The summed E-state index contributed by atoms with van der Waals surface area (Å²) < 4.78 is 11.6. The quantitative estimate of drug-likeness (QED) is 0.414. The van der Waals surface area contributed by atoms with Crippen molar-refractivity contribution in [2.24, 2.45) is 11.8 Å². The Kier molecular flexibility index (Phi) is 7.29. The highest BCUT2D eigenvalue weighted by atomic mass is 16.6. The van der Waals surface area contributed by atoms with E-state index < -0.39 is 17.7 Å². The molecule has 3 rings (SSSR count). The molecule has 1 heterocycles. The first-order chi connectivity index (χ1) is 14.9. The number of hydrogen-bond donors (Lipinski definition) is 0. The second kappa shape index (κ2) is 9.92. The molecule has 2 aromatic rings. The molecule has 0 aromatic heterocycles. The summed E-state index contributed by atoms with van der Waals surface area (Å²) in [5.41, 5.74) is 0.638. The molecular weight excluding hydrogens is 390 g/mol.